The third-order valence-corrected chi connectivity index (χ3v) is 5.29. The second-order valence-electron chi connectivity index (χ2n) is 7.72. The smallest absolute Gasteiger partial charge is 0.242 e. The summed E-state index contributed by atoms with van der Waals surface area (Å²) in [6.07, 6.45) is 2.21. The maximum absolute atomic E-state index is 13.2. The number of carbonyl (C=O) groups excluding carboxylic acids is 2. The molecule has 0 saturated heterocycles. The molecule has 0 aliphatic heterocycles. The Morgan fingerprint density at radius 3 is 2.30 bits per heavy atom. The number of amides is 2. The van der Waals surface area contributed by atoms with E-state index in [0.29, 0.717) is 32.5 Å². The molecule has 0 spiro atoms. The summed E-state index contributed by atoms with van der Waals surface area (Å²) in [6.45, 7) is 5.27. The van der Waals surface area contributed by atoms with Crippen LogP contribution in [-0.2, 0) is 16.1 Å². The van der Waals surface area contributed by atoms with Crippen LogP contribution >= 0.6 is 0 Å². The predicted molar refractivity (Wildman–Crippen MR) is 129 cm³/mol. The van der Waals surface area contributed by atoms with E-state index in [1.54, 1.807) is 19.1 Å². The topological polar surface area (TPSA) is 77.1 Å². The highest BCUT2D eigenvalue weighted by Gasteiger charge is 2.28. The van der Waals surface area contributed by atoms with Gasteiger partial charge in [-0.3, -0.25) is 9.59 Å². The Labute approximate surface area is 197 Å². The predicted octanol–water partition coefficient (Wildman–Crippen LogP) is 4.20. The monoisotopic (exact) mass is 456 g/mol. The summed E-state index contributed by atoms with van der Waals surface area (Å²) >= 11 is 0. The number of hydrogen-bond donors (Lipinski definition) is 1. The number of rotatable bonds is 14. The van der Waals surface area contributed by atoms with Gasteiger partial charge in [0, 0.05) is 19.5 Å². The summed E-state index contributed by atoms with van der Waals surface area (Å²) in [5, 5.41) is 2.93. The minimum atomic E-state index is -0.530. The number of nitrogens with one attached hydrogen (secondary N) is 1. The molecule has 7 heteroatoms. The molecule has 180 valence electrons. The lowest BCUT2D eigenvalue weighted by Crippen LogP contribution is -2.49. The molecule has 0 fully saturated rings. The Hall–Kier alpha value is -3.22. The lowest BCUT2D eigenvalue weighted by atomic mass is 10.1. The molecule has 2 aromatic carbocycles. The molecule has 0 aliphatic rings. The minimum absolute atomic E-state index is 0.0744. The van der Waals surface area contributed by atoms with Crippen molar-refractivity contribution in [1.29, 1.82) is 0 Å². The van der Waals surface area contributed by atoms with Gasteiger partial charge in [0.25, 0.3) is 0 Å². The van der Waals surface area contributed by atoms with Crippen molar-refractivity contribution in [1.82, 2.24) is 10.2 Å². The van der Waals surface area contributed by atoms with Crippen molar-refractivity contribution in [2.45, 2.75) is 52.1 Å². The number of nitrogens with zero attached hydrogens (tertiary/aromatic N) is 1. The molecule has 0 bridgehead atoms. The fraction of sp³-hybridized carbons (Fsp3) is 0.462. The van der Waals surface area contributed by atoms with Crippen LogP contribution in [0.4, 0.5) is 0 Å². The van der Waals surface area contributed by atoms with E-state index in [1.165, 1.54) is 0 Å². The Morgan fingerprint density at radius 2 is 1.67 bits per heavy atom. The average Bonchev–Trinajstić information content (AvgIpc) is 2.85. The summed E-state index contributed by atoms with van der Waals surface area (Å²) in [7, 11) is 3.22. The zero-order valence-corrected chi connectivity index (χ0v) is 20.1. The maximum Gasteiger partial charge on any atom is 0.242 e. The molecule has 7 nitrogen and oxygen atoms in total. The van der Waals surface area contributed by atoms with Gasteiger partial charge in [-0.15, -0.1) is 0 Å². The standard InChI is InChI=1S/C26H36N2O5/c1-5-16-27-26(30)24(6-2)28(19-20-9-7-10-23(18-20)32-4)25(29)11-8-17-33-22-14-12-21(31-3)13-15-22/h7,9-10,12-15,18,24H,5-6,8,11,16-17,19H2,1-4H3,(H,27,30). The molecular weight excluding hydrogens is 420 g/mol. The number of hydrogen-bond acceptors (Lipinski definition) is 5. The molecule has 1 atom stereocenters. The number of methoxy groups -OCH3 is 2. The van der Waals surface area contributed by atoms with Gasteiger partial charge in [-0.1, -0.05) is 26.0 Å². The lowest BCUT2D eigenvalue weighted by molar-refractivity contribution is -0.141. The molecule has 0 aromatic heterocycles. The highest BCUT2D eigenvalue weighted by atomic mass is 16.5. The molecule has 0 radical (unpaired) electrons. The van der Waals surface area contributed by atoms with Crippen LogP contribution in [0.5, 0.6) is 17.2 Å². The summed E-state index contributed by atoms with van der Waals surface area (Å²) in [5.41, 5.74) is 0.916. The van der Waals surface area contributed by atoms with Crippen LogP contribution in [0.15, 0.2) is 48.5 Å². The van der Waals surface area contributed by atoms with Gasteiger partial charge in [0.2, 0.25) is 11.8 Å². The van der Waals surface area contributed by atoms with Crippen molar-refractivity contribution < 1.29 is 23.8 Å². The van der Waals surface area contributed by atoms with Gasteiger partial charge in [-0.25, -0.2) is 0 Å². The first kappa shape index (κ1) is 26.0. The van der Waals surface area contributed by atoms with E-state index in [1.807, 2.05) is 62.4 Å². The van der Waals surface area contributed by atoms with Crippen LogP contribution in [-0.4, -0.2) is 50.1 Å². The van der Waals surface area contributed by atoms with Crippen LogP contribution in [0.2, 0.25) is 0 Å². The molecule has 0 saturated carbocycles. The average molecular weight is 457 g/mol. The first-order chi connectivity index (χ1) is 16.0. The van der Waals surface area contributed by atoms with Gasteiger partial charge in [-0.05, 0) is 61.2 Å². The fourth-order valence-electron chi connectivity index (χ4n) is 3.48. The van der Waals surface area contributed by atoms with Gasteiger partial charge in [0.1, 0.15) is 23.3 Å². The number of carbonyl (C=O) groups is 2. The van der Waals surface area contributed by atoms with E-state index in [0.717, 1.165) is 29.2 Å². The molecule has 1 N–H and O–H groups in total. The van der Waals surface area contributed by atoms with Crippen molar-refractivity contribution >= 4 is 11.8 Å². The summed E-state index contributed by atoms with van der Waals surface area (Å²) in [6, 6.07) is 14.4. The van der Waals surface area contributed by atoms with E-state index >= 15 is 0 Å². The van der Waals surface area contributed by atoms with Crippen LogP contribution in [0.1, 0.15) is 45.1 Å². The highest BCUT2D eigenvalue weighted by Crippen LogP contribution is 2.19. The minimum Gasteiger partial charge on any atom is -0.497 e. The normalized spacial score (nSPS) is 11.4. The van der Waals surface area contributed by atoms with Crippen LogP contribution < -0.4 is 19.5 Å². The van der Waals surface area contributed by atoms with Crippen molar-refractivity contribution in [3.8, 4) is 17.2 Å². The van der Waals surface area contributed by atoms with Gasteiger partial charge in [0.15, 0.2) is 0 Å². The SMILES string of the molecule is CCCNC(=O)C(CC)N(Cc1cccc(OC)c1)C(=O)CCCOc1ccc(OC)cc1. The van der Waals surface area contributed by atoms with Crippen molar-refractivity contribution in [2.75, 3.05) is 27.4 Å². The first-order valence-electron chi connectivity index (χ1n) is 11.5. The van der Waals surface area contributed by atoms with Crippen molar-refractivity contribution in [2.24, 2.45) is 0 Å². The maximum atomic E-state index is 13.2. The molecule has 1 unspecified atom stereocenters. The molecule has 33 heavy (non-hydrogen) atoms. The van der Waals surface area contributed by atoms with E-state index in [-0.39, 0.29) is 18.2 Å². The molecular formula is C26H36N2O5. The third-order valence-electron chi connectivity index (χ3n) is 5.29. The Bertz CT molecular complexity index is 869. The lowest BCUT2D eigenvalue weighted by Gasteiger charge is -2.31. The van der Waals surface area contributed by atoms with Crippen LogP contribution in [0.25, 0.3) is 0 Å². The summed E-state index contributed by atoms with van der Waals surface area (Å²) in [4.78, 5) is 27.7. The fourth-order valence-corrected chi connectivity index (χ4v) is 3.48. The Balaban J connectivity index is 2.04. The van der Waals surface area contributed by atoms with Gasteiger partial charge >= 0.3 is 0 Å². The van der Waals surface area contributed by atoms with Crippen molar-refractivity contribution in [3.63, 3.8) is 0 Å². The van der Waals surface area contributed by atoms with Crippen LogP contribution in [0, 0.1) is 0 Å². The molecule has 0 heterocycles. The largest absolute Gasteiger partial charge is 0.497 e. The zero-order chi connectivity index (χ0) is 24.1. The number of benzene rings is 2. The van der Waals surface area contributed by atoms with Gasteiger partial charge in [0.05, 0.1) is 20.8 Å². The number of ether oxygens (including phenoxy) is 3. The molecule has 2 aromatic rings. The molecule has 2 amide bonds. The van der Waals surface area contributed by atoms with Crippen molar-refractivity contribution in [3.05, 3.63) is 54.1 Å². The molecule has 2 rings (SSSR count). The first-order valence-corrected chi connectivity index (χ1v) is 11.5. The van der Waals surface area contributed by atoms with E-state index in [2.05, 4.69) is 5.32 Å². The Morgan fingerprint density at radius 1 is 0.970 bits per heavy atom. The second kappa shape index (κ2) is 14.0. The highest BCUT2D eigenvalue weighted by molar-refractivity contribution is 5.87. The van der Waals surface area contributed by atoms with Crippen LogP contribution in [0.3, 0.4) is 0 Å². The second-order valence-corrected chi connectivity index (χ2v) is 7.72. The van der Waals surface area contributed by atoms with Gasteiger partial charge < -0.3 is 24.4 Å². The van der Waals surface area contributed by atoms with Gasteiger partial charge in [-0.2, -0.15) is 0 Å². The van der Waals surface area contributed by atoms with E-state index in [4.69, 9.17) is 14.2 Å². The zero-order valence-electron chi connectivity index (χ0n) is 20.1. The Kier molecular flexibility index (Phi) is 11.1. The van der Waals surface area contributed by atoms with E-state index in [9.17, 15) is 9.59 Å². The summed E-state index contributed by atoms with van der Waals surface area (Å²) < 4.78 is 16.2. The quantitative estimate of drug-likeness (QED) is 0.431. The molecule has 0 aliphatic carbocycles. The van der Waals surface area contributed by atoms with E-state index < -0.39 is 6.04 Å². The third kappa shape index (κ3) is 8.33. The summed E-state index contributed by atoms with van der Waals surface area (Å²) in [5.74, 6) is 2.01.